The van der Waals surface area contributed by atoms with Gasteiger partial charge in [0.1, 0.15) is 23.6 Å². The standard InChI is InChI=1S/C20H19N5O3/c1-4-25(5-2)15-8-6-14(19(27)10-15)7-9-16-20(28-13(3)26)24-18(12-22)17(11-21)23-16/h6-10,27H,4-5H2,1-3H3/b9-7+. The largest absolute Gasteiger partial charge is 0.507 e. The molecule has 0 saturated heterocycles. The van der Waals surface area contributed by atoms with Crippen LogP contribution in [0.4, 0.5) is 5.69 Å². The summed E-state index contributed by atoms with van der Waals surface area (Å²) in [7, 11) is 0. The zero-order valence-corrected chi connectivity index (χ0v) is 15.8. The van der Waals surface area contributed by atoms with Crippen LogP contribution in [0.15, 0.2) is 18.2 Å². The smallest absolute Gasteiger partial charge is 0.309 e. The molecule has 0 atom stereocenters. The number of esters is 1. The summed E-state index contributed by atoms with van der Waals surface area (Å²) in [5.41, 5.74) is 1.08. The zero-order chi connectivity index (χ0) is 20.7. The molecule has 0 aliphatic carbocycles. The first kappa shape index (κ1) is 20.4. The van der Waals surface area contributed by atoms with Crippen LogP contribution in [-0.2, 0) is 4.79 Å². The van der Waals surface area contributed by atoms with Crippen molar-refractivity contribution in [1.82, 2.24) is 9.97 Å². The van der Waals surface area contributed by atoms with Crippen LogP contribution in [0.25, 0.3) is 12.2 Å². The number of benzene rings is 1. The third-order valence-electron chi connectivity index (χ3n) is 3.90. The maximum absolute atomic E-state index is 11.3. The Morgan fingerprint density at radius 1 is 1.18 bits per heavy atom. The lowest BCUT2D eigenvalue weighted by Crippen LogP contribution is -2.21. The molecule has 0 spiro atoms. The fourth-order valence-corrected chi connectivity index (χ4v) is 2.54. The summed E-state index contributed by atoms with van der Waals surface area (Å²) in [5.74, 6) is -0.751. The molecule has 0 bridgehead atoms. The number of nitriles is 2. The quantitative estimate of drug-likeness (QED) is 0.762. The fraction of sp³-hybridized carbons (Fsp3) is 0.250. The number of aromatic hydroxyl groups is 1. The molecule has 8 nitrogen and oxygen atoms in total. The monoisotopic (exact) mass is 377 g/mol. The number of phenolic OH excluding ortho intramolecular Hbond substituents is 1. The maximum atomic E-state index is 11.3. The summed E-state index contributed by atoms with van der Waals surface area (Å²) in [4.78, 5) is 21.3. The van der Waals surface area contributed by atoms with Gasteiger partial charge in [-0.2, -0.15) is 15.5 Å². The lowest BCUT2D eigenvalue weighted by molar-refractivity contribution is -0.132. The van der Waals surface area contributed by atoms with Crippen molar-refractivity contribution in [1.29, 1.82) is 10.5 Å². The molecule has 0 amide bonds. The van der Waals surface area contributed by atoms with Gasteiger partial charge in [0.15, 0.2) is 11.4 Å². The van der Waals surface area contributed by atoms with Crippen LogP contribution in [0.5, 0.6) is 11.6 Å². The normalized spacial score (nSPS) is 10.3. The van der Waals surface area contributed by atoms with Gasteiger partial charge in [0, 0.05) is 37.3 Å². The van der Waals surface area contributed by atoms with E-state index >= 15 is 0 Å². The molecule has 0 aliphatic heterocycles. The van der Waals surface area contributed by atoms with E-state index in [1.165, 1.54) is 13.0 Å². The molecular weight excluding hydrogens is 358 g/mol. The molecule has 0 saturated carbocycles. The molecule has 1 aromatic heterocycles. The van der Waals surface area contributed by atoms with E-state index in [1.807, 2.05) is 19.9 Å². The molecule has 1 aromatic carbocycles. The van der Waals surface area contributed by atoms with E-state index < -0.39 is 5.97 Å². The molecule has 0 unspecified atom stereocenters. The van der Waals surface area contributed by atoms with Crippen LogP contribution in [0.2, 0.25) is 0 Å². The third kappa shape index (κ3) is 4.63. The van der Waals surface area contributed by atoms with Crippen molar-refractivity contribution in [3.8, 4) is 23.8 Å². The van der Waals surface area contributed by atoms with Crippen LogP contribution < -0.4 is 9.64 Å². The van der Waals surface area contributed by atoms with Gasteiger partial charge in [-0.3, -0.25) is 4.79 Å². The Labute approximate surface area is 163 Å². The number of nitrogens with zero attached hydrogens (tertiary/aromatic N) is 5. The highest BCUT2D eigenvalue weighted by atomic mass is 16.5. The van der Waals surface area contributed by atoms with Crippen LogP contribution in [0.1, 0.15) is 43.4 Å². The van der Waals surface area contributed by atoms with Gasteiger partial charge in [0.25, 0.3) is 0 Å². The predicted octanol–water partition coefficient (Wildman–Crippen LogP) is 2.87. The van der Waals surface area contributed by atoms with Crippen molar-refractivity contribution in [3.05, 3.63) is 40.8 Å². The summed E-state index contributed by atoms with van der Waals surface area (Å²) in [6, 6.07) is 8.81. The van der Waals surface area contributed by atoms with Gasteiger partial charge in [-0.05, 0) is 38.1 Å². The number of carbonyl (C=O) groups excluding carboxylic acids is 1. The van der Waals surface area contributed by atoms with Crippen molar-refractivity contribution in [2.75, 3.05) is 18.0 Å². The second kappa shape index (κ2) is 9.15. The highest BCUT2D eigenvalue weighted by Gasteiger charge is 2.15. The summed E-state index contributed by atoms with van der Waals surface area (Å²) in [6.07, 6.45) is 3.02. The maximum Gasteiger partial charge on any atom is 0.309 e. The van der Waals surface area contributed by atoms with Crippen LogP contribution in [0.3, 0.4) is 0 Å². The van der Waals surface area contributed by atoms with E-state index in [-0.39, 0.29) is 28.7 Å². The minimum absolute atomic E-state index is 0.0665. The summed E-state index contributed by atoms with van der Waals surface area (Å²) >= 11 is 0. The number of aromatic nitrogens is 2. The first-order valence-electron chi connectivity index (χ1n) is 8.60. The zero-order valence-electron chi connectivity index (χ0n) is 15.8. The molecule has 28 heavy (non-hydrogen) atoms. The number of ether oxygens (including phenoxy) is 1. The molecule has 2 aromatic rings. The molecule has 2 rings (SSSR count). The Morgan fingerprint density at radius 3 is 2.36 bits per heavy atom. The van der Waals surface area contributed by atoms with Crippen LogP contribution >= 0.6 is 0 Å². The highest BCUT2D eigenvalue weighted by Crippen LogP contribution is 2.27. The number of phenols is 1. The minimum Gasteiger partial charge on any atom is -0.507 e. The molecule has 1 heterocycles. The van der Waals surface area contributed by atoms with Crippen molar-refractivity contribution in [2.24, 2.45) is 0 Å². The SMILES string of the molecule is CCN(CC)c1ccc(/C=C/c2nc(C#N)c(C#N)nc2OC(C)=O)c(O)c1. The first-order valence-corrected chi connectivity index (χ1v) is 8.60. The van der Waals surface area contributed by atoms with Crippen molar-refractivity contribution >= 4 is 23.8 Å². The van der Waals surface area contributed by atoms with E-state index in [9.17, 15) is 9.90 Å². The van der Waals surface area contributed by atoms with Crippen molar-refractivity contribution in [3.63, 3.8) is 0 Å². The van der Waals surface area contributed by atoms with E-state index in [4.69, 9.17) is 15.3 Å². The minimum atomic E-state index is -0.635. The summed E-state index contributed by atoms with van der Waals surface area (Å²) < 4.78 is 4.99. The van der Waals surface area contributed by atoms with Crippen molar-refractivity contribution < 1.29 is 14.6 Å². The second-order valence-electron chi connectivity index (χ2n) is 5.68. The van der Waals surface area contributed by atoms with Crippen molar-refractivity contribution in [2.45, 2.75) is 20.8 Å². The summed E-state index contributed by atoms with van der Waals surface area (Å²) in [6.45, 7) is 6.88. The van der Waals surface area contributed by atoms with E-state index in [1.54, 1.807) is 30.3 Å². The Balaban J connectivity index is 2.44. The topological polar surface area (TPSA) is 123 Å². The second-order valence-corrected chi connectivity index (χ2v) is 5.68. The van der Waals surface area contributed by atoms with E-state index in [0.29, 0.717) is 5.56 Å². The Bertz CT molecular complexity index is 998. The molecule has 8 heteroatoms. The van der Waals surface area contributed by atoms with Crippen LogP contribution in [-0.4, -0.2) is 34.1 Å². The van der Waals surface area contributed by atoms with E-state index in [2.05, 4.69) is 14.9 Å². The van der Waals surface area contributed by atoms with Gasteiger partial charge >= 0.3 is 5.97 Å². The summed E-state index contributed by atoms with van der Waals surface area (Å²) in [5, 5.41) is 28.5. The molecule has 0 radical (unpaired) electrons. The lowest BCUT2D eigenvalue weighted by atomic mass is 10.1. The van der Waals surface area contributed by atoms with Gasteiger partial charge in [-0.15, -0.1) is 0 Å². The first-order chi connectivity index (χ1) is 13.4. The van der Waals surface area contributed by atoms with Gasteiger partial charge in [-0.1, -0.05) is 0 Å². The molecule has 1 N–H and O–H groups in total. The number of anilines is 1. The fourth-order valence-electron chi connectivity index (χ4n) is 2.54. The van der Waals surface area contributed by atoms with Gasteiger partial charge in [0.05, 0.1) is 0 Å². The predicted molar refractivity (Wildman–Crippen MR) is 103 cm³/mol. The van der Waals surface area contributed by atoms with Crippen LogP contribution in [0, 0.1) is 22.7 Å². The molecule has 142 valence electrons. The highest BCUT2D eigenvalue weighted by molar-refractivity contribution is 5.76. The number of carbonyl (C=O) groups is 1. The average molecular weight is 377 g/mol. The van der Waals surface area contributed by atoms with Gasteiger partial charge in [-0.25, -0.2) is 4.98 Å². The molecule has 0 aliphatic rings. The molecular formula is C20H19N5O3. The number of hydrogen-bond donors (Lipinski definition) is 1. The van der Waals surface area contributed by atoms with Gasteiger partial charge < -0.3 is 14.7 Å². The van der Waals surface area contributed by atoms with E-state index in [0.717, 1.165) is 18.8 Å². The van der Waals surface area contributed by atoms with Gasteiger partial charge in [0.2, 0.25) is 5.88 Å². The molecule has 0 fully saturated rings. The number of hydrogen-bond acceptors (Lipinski definition) is 8. The number of rotatable bonds is 6. The Kier molecular flexibility index (Phi) is 6.67. The lowest BCUT2D eigenvalue weighted by Gasteiger charge is -2.21. The average Bonchev–Trinajstić information content (AvgIpc) is 2.68. The Hall–Kier alpha value is -3.91. The third-order valence-corrected chi connectivity index (χ3v) is 3.90. The Morgan fingerprint density at radius 2 is 1.82 bits per heavy atom.